The highest BCUT2D eigenvalue weighted by molar-refractivity contribution is 6.05. The average Bonchev–Trinajstić information content (AvgIpc) is 3.00. The number of rotatable bonds is 3. The van der Waals surface area contributed by atoms with Gasteiger partial charge in [0.2, 0.25) is 0 Å². The number of ether oxygens (including phenoxy) is 1. The molecule has 6 N–H and O–H groups in total. The van der Waals surface area contributed by atoms with Gasteiger partial charge >= 0.3 is 0 Å². The summed E-state index contributed by atoms with van der Waals surface area (Å²) < 4.78 is 6.62. The molecule has 4 atom stereocenters. The summed E-state index contributed by atoms with van der Waals surface area (Å²) in [7, 11) is 0. The number of nitrogens with two attached hydrogens (primary N) is 1. The topological polar surface area (TPSA) is 164 Å². The molecule has 118 valence electrons. The lowest BCUT2D eigenvalue weighted by atomic mass is 10.1. The number of fused-ring (bicyclic) bond motifs is 1. The maximum Gasteiger partial charge on any atom is 0.261 e. The lowest BCUT2D eigenvalue weighted by Gasteiger charge is -2.17. The van der Waals surface area contributed by atoms with E-state index in [0.717, 1.165) is 6.33 Å². The minimum absolute atomic E-state index is 0.0345. The lowest BCUT2D eigenvalue weighted by Crippen LogP contribution is -2.33. The van der Waals surface area contributed by atoms with Crippen molar-refractivity contribution in [3.05, 3.63) is 28.4 Å². The zero-order valence-corrected chi connectivity index (χ0v) is 11.2. The number of nitrogens with zero attached hydrogens (tertiary/aromatic N) is 2. The highest BCUT2D eigenvalue weighted by Gasteiger charge is 2.44. The van der Waals surface area contributed by atoms with Crippen molar-refractivity contribution >= 4 is 16.9 Å². The fourth-order valence-corrected chi connectivity index (χ4v) is 2.58. The molecule has 22 heavy (non-hydrogen) atoms. The Hall–Kier alpha value is -2.27. The molecule has 0 saturated carbocycles. The van der Waals surface area contributed by atoms with Crippen LogP contribution in [0.5, 0.6) is 0 Å². The van der Waals surface area contributed by atoms with E-state index in [2.05, 4.69) is 9.97 Å². The van der Waals surface area contributed by atoms with Crippen molar-refractivity contribution in [3.63, 3.8) is 0 Å². The monoisotopic (exact) mass is 310 g/mol. The van der Waals surface area contributed by atoms with Crippen molar-refractivity contribution in [3.8, 4) is 0 Å². The first kappa shape index (κ1) is 14.7. The van der Waals surface area contributed by atoms with E-state index >= 15 is 0 Å². The van der Waals surface area contributed by atoms with Crippen LogP contribution in [-0.4, -0.2) is 60.7 Å². The summed E-state index contributed by atoms with van der Waals surface area (Å²) in [6.07, 6.45) is -2.42. The molecule has 0 spiro atoms. The number of nitrogens with one attached hydrogen (secondary N) is 1. The molecule has 0 bridgehead atoms. The Bertz CT molecular complexity index is 784. The van der Waals surface area contributed by atoms with Gasteiger partial charge in [-0.15, -0.1) is 0 Å². The van der Waals surface area contributed by atoms with Gasteiger partial charge in [-0.05, 0) is 0 Å². The van der Waals surface area contributed by atoms with Gasteiger partial charge in [0.1, 0.15) is 24.0 Å². The molecular weight excluding hydrogens is 296 g/mol. The minimum Gasteiger partial charge on any atom is -0.394 e. The zero-order valence-electron chi connectivity index (χ0n) is 11.2. The number of carbonyl (C=O) groups excluding carboxylic acids is 1. The molecule has 1 amide bonds. The number of aromatic amines is 1. The lowest BCUT2D eigenvalue weighted by molar-refractivity contribution is -0.0509. The Morgan fingerprint density at radius 2 is 2.18 bits per heavy atom. The first-order chi connectivity index (χ1) is 10.5. The van der Waals surface area contributed by atoms with Crippen molar-refractivity contribution in [1.29, 1.82) is 0 Å². The molecular formula is C12H14N4O6. The Labute approximate surface area is 122 Å². The van der Waals surface area contributed by atoms with E-state index < -0.39 is 42.6 Å². The normalized spacial score (nSPS) is 28.3. The van der Waals surface area contributed by atoms with Crippen LogP contribution in [0.25, 0.3) is 11.0 Å². The van der Waals surface area contributed by atoms with Gasteiger partial charge in [-0.3, -0.25) is 9.59 Å². The molecule has 0 aromatic carbocycles. The minimum atomic E-state index is -1.37. The van der Waals surface area contributed by atoms with E-state index in [1.165, 1.54) is 10.8 Å². The highest BCUT2D eigenvalue weighted by Crippen LogP contribution is 2.32. The average molecular weight is 310 g/mol. The first-order valence-corrected chi connectivity index (χ1v) is 6.46. The Morgan fingerprint density at radius 3 is 2.77 bits per heavy atom. The van der Waals surface area contributed by atoms with Gasteiger partial charge in [0.05, 0.1) is 23.9 Å². The second-order valence-corrected chi connectivity index (χ2v) is 4.97. The molecule has 2 aromatic rings. The van der Waals surface area contributed by atoms with Crippen molar-refractivity contribution in [2.75, 3.05) is 6.61 Å². The van der Waals surface area contributed by atoms with E-state index in [-0.39, 0.29) is 16.6 Å². The molecule has 3 heterocycles. The molecule has 1 saturated heterocycles. The largest absolute Gasteiger partial charge is 0.394 e. The van der Waals surface area contributed by atoms with Crippen LogP contribution in [0.4, 0.5) is 0 Å². The zero-order chi connectivity index (χ0) is 16.0. The van der Waals surface area contributed by atoms with Gasteiger partial charge in [0.25, 0.3) is 11.5 Å². The summed E-state index contributed by atoms with van der Waals surface area (Å²) in [5.74, 6) is -0.839. The SMILES string of the molecule is NC(=O)c1cn([C@@H]2O[C@@H](CO)[C@@H](O)[C@@H]2O)c2nc[nH]c(=O)c12. The van der Waals surface area contributed by atoms with Gasteiger partial charge in [0, 0.05) is 6.20 Å². The third-order valence-electron chi connectivity index (χ3n) is 3.67. The smallest absolute Gasteiger partial charge is 0.261 e. The summed E-state index contributed by atoms with van der Waals surface area (Å²) in [6.45, 7) is -0.495. The fraction of sp³-hybridized carbons (Fsp3) is 0.417. The number of aromatic nitrogens is 3. The van der Waals surface area contributed by atoms with E-state index in [1.54, 1.807) is 0 Å². The molecule has 3 rings (SSSR count). The molecule has 1 aliphatic rings. The molecule has 0 aliphatic carbocycles. The maximum absolute atomic E-state index is 11.9. The van der Waals surface area contributed by atoms with Crippen LogP contribution in [0.1, 0.15) is 16.6 Å². The number of hydrogen-bond acceptors (Lipinski definition) is 7. The van der Waals surface area contributed by atoms with E-state index in [9.17, 15) is 19.8 Å². The molecule has 10 nitrogen and oxygen atoms in total. The second-order valence-electron chi connectivity index (χ2n) is 4.97. The van der Waals surface area contributed by atoms with Crippen molar-refractivity contribution in [2.24, 2.45) is 5.73 Å². The van der Waals surface area contributed by atoms with E-state index in [0.29, 0.717) is 0 Å². The summed E-state index contributed by atoms with van der Waals surface area (Å²) >= 11 is 0. The highest BCUT2D eigenvalue weighted by atomic mass is 16.6. The molecule has 1 fully saturated rings. The van der Waals surface area contributed by atoms with Gasteiger partial charge < -0.3 is 35.3 Å². The van der Waals surface area contributed by atoms with Crippen LogP contribution < -0.4 is 11.3 Å². The summed E-state index contributed by atoms with van der Waals surface area (Å²) in [5, 5.41) is 28.9. The van der Waals surface area contributed by atoms with Crippen molar-refractivity contribution in [2.45, 2.75) is 24.5 Å². The number of aliphatic hydroxyl groups excluding tert-OH is 3. The van der Waals surface area contributed by atoms with Crippen LogP contribution in [-0.2, 0) is 4.74 Å². The molecule has 0 radical (unpaired) electrons. The number of aliphatic hydroxyl groups is 3. The molecule has 1 aliphatic heterocycles. The second kappa shape index (κ2) is 5.18. The number of hydrogen-bond donors (Lipinski definition) is 5. The Kier molecular flexibility index (Phi) is 3.45. The van der Waals surface area contributed by atoms with Crippen LogP contribution in [0, 0.1) is 0 Å². The molecule has 2 aromatic heterocycles. The molecule has 10 heteroatoms. The van der Waals surface area contributed by atoms with Gasteiger partial charge in [-0.2, -0.15) is 0 Å². The quantitative estimate of drug-likeness (QED) is 0.416. The van der Waals surface area contributed by atoms with Gasteiger partial charge in [0.15, 0.2) is 6.23 Å². The first-order valence-electron chi connectivity index (χ1n) is 6.46. The Morgan fingerprint density at radius 1 is 1.45 bits per heavy atom. The van der Waals surface area contributed by atoms with Gasteiger partial charge in [-0.1, -0.05) is 0 Å². The van der Waals surface area contributed by atoms with E-state index in [1.807, 2.05) is 0 Å². The predicted molar refractivity (Wildman–Crippen MR) is 71.9 cm³/mol. The van der Waals surface area contributed by atoms with Crippen LogP contribution >= 0.6 is 0 Å². The number of H-pyrrole nitrogens is 1. The Balaban J connectivity index is 2.18. The van der Waals surface area contributed by atoms with Crippen LogP contribution in [0.15, 0.2) is 17.3 Å². The maximum atomic E-state index is 11.9. The third kappa shape index (κ3) is 2.01. The number of primary amides is 1. The van der Waals surface area contributed by atoms with Gasteiger partial charge in [-0.25, -0.2) is 4.98 Å². The number of amides is 1. The number of carbonyl (C=O) groups is 1. The fourth-order valence-electron chi connectivity index (χ4n) is 2.58. The standard InChI is InChI=1S/C12H14N4O6/c13-9(20)4-1-16(10-6(4)11(21)15-3-14-10)12-8(19)7(18)5(2-17)22-12/h1,3,5,7-8,12,17-19H,2H2,(H2,13,20)(H,14,15,21)/t5-,7+,8-,12+/m0/s1. The third-order valence-corrected chi connectivity index (χ3v) is 3.67. The van der Waals surface area contributed by atoms with E-state index in [4.69, 9.17) is 15.6 Å². The van der Waals surface area contributed by atoms with Crippen LogP contribution in [0.3, 0.4) is 0 Å². The van der Waals surface area contributed by atoms with Crippen LogP contribution in [0.2, 0.25) is 0 Å². The summed E-state index contributed by atoms with van der Waals surface area (Å²) in [6, 6.07) is 0. The van der Waals surface area contributed by atoms with Crippen molar-refractivity contribution < 1.29 is 24.9 Å². The molecule has 0 unspecified atom stereocenters. The predicted octanol–water partition coefficient (Wildman–Crippen LogP) is -2.56. The van der Waals surface area contributed by atoms with Crippen molar-refractivity contribution in [1.82, 2.24) is 14.5 Å². The summed E-state index contributed by atoms with van der Waals surface area (Å²) in [4.78, 5) is 29.7. The summed E-state index contributed by atoms with van der Waals surface area (Å²) in [5.41, 5.74) is 4.68.